The minimum atomic E-state index is -1.31. The Morgan fingerprint density at radius 3 is 2.15 bits per heavy atom. The van der Waals surface area contributed by atoms with E-state index >= 15 is 0 Å². The van der Waals surface area contributed by atoms with Crippen LogP contribution in [0, 0.1) is 10.1 Å². The number of nitro groups is 1. The fourth-order valence-corrected chi connectivity index (χ4v) is 0.774. The lowest BCUT2D eigenvalue weighted by Crippen LogP contribution is -2.23. The van der Waals surface area contributed by atoms with Gasteiger partial charge in [0.2, 0.25) is 6.04 Å². The second-order valence-corrected chi connectivity index (χ2v) is 2.47. The third-order valence-corrected chi connectivity index (χ3v) is 1.40. The van der Waals surface area contributed by atoms with E-state index < -0.39 is 29.3 Å². The van der Waals surface area contributed by atoms with E-state index in [-0.39, 0.29) is 12.8 Å². The lowest BCUT2D eigenvalue weighted by molar-refractivity contribution is -0.522. The van der Waals surface area contributed by atoms with E-state index in [9.17, 15) is 19.7 Å². The molecule has 1 atom stereocenters. The highest BCUT2D eigenvalue weighted by atomic mass is 16.6. The lowest BCUT2D eigenvalue weighted by atomic mass is 10.1. The molecular formula is C6H9NO6. The van der Waals surface area contributed by atoms with Crippen molar-refractivity contribution in [3.05, 3.63) is 10.1 Å². The van der Waals surface area contributed by atoms with E-state index in [1.807, 2.05) is 0 Å². The van der Waals surface area contributed by atoms with Crippen LogP contribution in [0.5, 0.6) is 0 Å². The zero-order valence-electron chi connectivity index (χ0n) is 6.67. The first kappa shape index (κ1) is 11.3. The van der Waals surface area contributed by atoms with Gasteiger partial charge in [0.1, 0.15) is 6.42 Å². The summed E-state index contributed by atoms with van der Waals surface area (Å²) in [6, 6.07) is -1.31. The molecule has 0 aliphatic heterocycles. The summed E-state index contributed by atoms with van der Waals surface area (Å²) in [6.45, 7) is 0. The quantitative estimate of drug-likeness (QED) is 0.449. The standard InChI is InChI=1S/C6H9NO6/c8-5(9)2-1-4(7(12)13)3-6(10)11/h4H,1-3H2,(H,8,9)(H,10,11). The lowest BCUT2D eigenvalue weighted by Gasteiger charge is -2.04. The van der Waals surface area contributed by atoms with Gasteiger partial charge >= 0.3 is 11.9 Å². The topological polar surface area (TPSA) is 118 Å². The first-order valence-corrected chi connectivity index (χ1v) is 3.50. The Kier molecular flexibility index (Phi) is 4.42. The van der Waals surface area contributed by atoms with E-state index in [0.717, 1.165) is 0 Å². The summed E-state index contributed by atoms with van der Waals surface area (Å²) in [4.78, 5) is 29.6. The van der Waals surface area contributed by atoms with E-state index in [0.29, 0.717) is 0 Å². The van der Waals surface area contributed by atoms with Gasteiger partial charge in [0.25, 0.3) is 0 Å². The van der Waals surface area contributed by atoms with Gasteiger partial charge in [-0.1, -0.05) is 0 Å². The fourth-order valence-electron chi connectivity index (χ4n) is 0.774. The molecule has 7 nitrogen and oxygen atoms in total. The van der Waals surface area contributed by atoms with Crippen LogP contribution in [0.3, 0.4) is 0 Å². The van der Waals surface area contributed by atoms with E-state index in [1.54, 1.807) is 0 Å². The molecule has 0 saturated carbocycles. The molecule has 0 radical (unpaired) electrons. The second kappa shape index (κ2) is 5.07. The Hall–Kier alpha value is -1.66. The summed E-state index contributed by atoms with van der Waals surface area (Å²) in [7, 11) is 0. The Bertz CT molecular complexity index is 225. The van der Waals surface area contributed by atoms with Gasteiger partial charge in [0.05, 0.1) is 6.42 Å². The van der Waals surface area contributed by atoms with Gasteiger partial charge in [0.15, 0.2) is 0 Å². The Labute approximate surface area is 73.1 Å². The van der Waals surface area contributed by atoms with Crippen LogP contribution in [0.25, 0.3) is 0 Å². The highest BCUT2D eigenvalue weighted by Crippen LogP contribution is 2.05. The van der Waals surface area contributed by atoms with Gasteiger partial charge in [-0.2, -0.15) is 0 Å². The summed E-state index contributed by atoms with van der Waals surface area (Å²) in [5, 5.41) is 26.7. The molecule has 0 aromatic carbocycles. The predicted octanol–water partition coefficient (Wildman–Crippen LogP) is -0.0288. The van der Waals surface area contributed by atoms with Gasteiger partial charge < -0.3 is 10.2 Å². The monoisotopic (exact) mass is 191 g/mol. The van der Waals surface area contributed by atoms with Crippen LogP contribution < -0.4 is 0 Å². The molecule has 0 rings (SSSR count). The molecule has 2 N–H and O–H groups in total. The van der Waals surface area contributed by atoms with Gasteiger partial charge in [-0.3, -0.25) is 19.7 Å². The normalized spacial score (nSPS) is 12.0. The molecule has 0 aliphatic carbocycles. The van der Waals surface area contributed by atoms with Gasteiger partial charge in [-0.25, -0.2) is 0 Å². The predicted molar refractivity (Wildman–Crippen MR) is 39.9 cm³/mol. The number of carboxylic acid groups (broad SMARTS) is 2. The van der Waals surface area contributed by atoms with Crippen molar-refractivity contribution in [2.24, 2.45) is 0 Å². The molecule has 0 spiro atoms. The van der Waals surface area contributed by atoms with E-state index in [4.69, 9.17) is 10.2 Å². The number of hydrogen-bond donors (Lipinski definition) is 2. The number of hydrogen-bond acceptors (Lipinski definition) is 4. The highest BCUT2D eigenvalue weighted by Gasteiger charge is 2.24. The number of rotatable bonds is 6. The van der Waals surface area contributed by atoms with Crippen molar-refractivity contribution < 1.29 is 24.7 Å². The minimum Gasteiger partial charge on any atom is -0.481 e. The first-order chi connectivity index (χ1) is 5.93. The molecule has 0 fully saturated rings. The summed E-state index contributed by atoms with van der Waals surface area (Å²) in [5.41, 5.74) is 0. The van der Waals surface area contributed by atoms with Crippen LogP contribution in [-0.2, 0) is 9.59 Å². The minimum absolute atomic E-state index is 0.255. The van der Waals surface area contributed by atoms with Crippen LogP contribution in [-0.4, -0.2) is 33.1 Å². The zero-order chi connectivity index (χ0) is 10.4. The number of nitrogens with zero attached hydrogens (tertiary/aromatic N) is 1. The molecule has 0 aliphatic rings. The van der Waals surface area contributed by atoms with Gasteiger partial charge in [-0.15, -0.1) is 0 Å². The molecule has 13 heavy (non-hydrogen) atoms. The molecule has 0 saturated heterocycles. The largest absolute Gasteiger partial charge is 0.481 e. The number of carboxylic acids is 2. The molecule has 0 heterocycles. The summed E-state index contributed by atoms with van der Waals surface area (Å²) in [5.74, 6) is -2.47. The summed E-state index contributed by atoms with van der Waals surface area (Å²) >= 11 is 0. The van der Waals surface area contributed by atoms with Crippen LogP contribution in [0.2, 0.25) is 0 Å². The molecule has 0 amide bonds. The SMILES string of the molecule is O=C(O)CCC(CC(=O)O)[N+](=O)[O-]. The molecular weight excluding hydrogens is 182 g/mol. The Morgan fingerprint density at radius 2 is 1.85 bits per heavy atom. The number of aliphatic carboxylic acids is 2. The van der Waals surface area contributed by atoms with Crippen molar-refractivity contribution in [1.29, 1.82) is 0 Å². The second-order valence-electron chi connectivity index (χ2n) is 2.47. The van der Waals surface area contributed by atoms with Crippen LogP contribution in [0.15, 0.2) is 0 Å². The highest BCUT2D eigenvalue weighted by molar-refractivity contribution is 5.68. The maximum Gasteiger partial charge on any atom is 0.310 e. The third kappa shape index (κ3) is 5.59. The van der Waals surface area contributed by atoms with Crippen molar-refractivity contribution in [2.75, 3.05) is 0 Å². The van der Waals surface area contributed by atoms with Gasteiger partial charge in [-0.05, 0) is 0 Å². The fraction of sp³-hybridized carbons (Fsp3) is 0.667. The summed E-state index contributed by atoms with van der Waals surface area (Å²) < 4.78 is 0. The zero-order valence-corrected chi connectivity index (χ0v) is 6.67. The van der Waals surface area contributed by atoms with Crippen molar-refractivity contribution in [2.45, 2.75) is 25.3 Å². The van der Waals surface area contributed by atoms with Crippen molar-refractivity contribution in [3.63, 3.8) is 0 Å². The number of carbonyl (C=O) groups is 2. The maximum absolute atomic E-state index is 10.2. The average Bonchev–Trinajstić information content (AvgIpc) is 1.96. The smallest absolute Gasteiger partial charge is 0.310 e. The molecule has 74 valence electrons. The summed E-state index contributed by atoms with van der Waals surface area (Å²) in [6.07, 6.45) is -1.28. The average molecular weight is 191 g/mol. The Balaban J connectivity index is 4.02. The first-order valence-electron chi connectivity index (χ1n) is 3.50. The molecule has 1 unspecified atom stereocenters. The molecule has 0 bridgehead atoms. The van der Waals surface area contributed by atoms with Crippen molar-refractivity contribution >= 4 is 11.9 Å². The van der Waals surface area contributed by atoms with Crippen molar-refractivity contribution in [1.82, 2.24) is 0 Å². The molecule has 7 heteroatoms. The third-order valence-electron chi connectivity index (χ3n) is 1.40. The van der Waals surface area contributed by atoms with E-state index in [2.05, 4.69) is 0 Å². The van der Waals surface area contributed by atoms with E-state index in [1.165, 1.54) is 0 Å². The van der Waals surface area contributed by atoms with Crippen molar-refractivity contribution in [3.8, 4) is 0 Å². The molecule has 0 aromatic heterocycles. The van der Waals surface area contributed by atoms with Crippen LogP contribution >= 0.6 is 0 Å². The van der Waals surface area contributed by atoms with Gasteiger partial charge in [0, 0.05) is 11.3 Å². The van der Waals surface area contributed by atoms with Crippen LogP contribution in [0.4, 0.5) is 0 Å². The molecule has 0 aromatic rings. The maximum atomic E-state index is 10.2. The van der Waals surface area contributed by atoms with Crippen LogP contribution in [0.1, 0.15) is 19.3 Å². The Morgan fingerprint density at radius 1 is 1.31 bits per heavy atom.